The van der Waals surface area contributed by atoms with Crippen molar-refractivity contribution in [2.24, 2.45) is 0 Å². The van der Waals surface area contributed by atoms with Gasteiger partial charge in [0.2, 0.25) is 0 Å². The van der Waals surface area contributed by atoms with Crippen molar-refractivity contribution in [2.45, 2.75) is 31.8 Å². The van der Waals surface area contributed by atoms with Crippen molar-refractivity contribution in [3.63, 3.8) is 0 Å². The normalized spacial score (nSPS) is 16.6. The first-order chi connectivity index (χ1) is 12.1. The summed E-state index contributed by atoms with van der Waals surface area (Å²) in [6.45, 7) is 0.767. The van der Waals surface area contributed by atoms with Crippen molar-refractivity contribution in [1.29, 1.82) is 0 Å². The molecule has 0 radical (unpaired) electrons. The molecule has 1 atom stereocenters. The lowest BCUT2D eigenvalue weighted by molar-refractivity contribution is -0.135. The Morgan fingerprint density at radius 2 is 1.68 bits per heavy atom. The molecule has 0 aromatic heterocycles. The van der Waals surface area contributed by atoms with E-state index >= 15 is 0 Å². The van der Waals surface area contributed by atoms with Crippen molar-refractivity contribution in [3.05, 3.63) is 65.5 Å². The first-order valence-electron chi connectivity index (χ1n) is 8.34. The van der Waals surface area contributed by atoms with E-state index in [-0.39, 0.29) is 23.7 Å². The summed E-state index contributed by atoms with van der Waals surface area (Å²) >= 11 is 0. The molecule has 0 aliphatic carbocycles. The molecular formula is C20H19FO4. The van der Waals surface area contributed by atoms with E-state index in [2.05, 4.69) is 0 Å². The lowest BCUT2D eigenvalue weighted by atomic mass is 10.0. The highest BCUT2D eigenvalue weighted by atomic mass is 19.1. The fourth-order valence-electron chi connectivity index (χ4n) is 2.78. The van der Waals surface area contributed by atoms with Crippen LogP contribution in [0.1, 0.15) is 41.6 Å². The average Bonchev–Trinajstić information content (AvgIpc) is 3.14. The summed E-state index contributed by atoms with van der Waals surface area (Å²) in [5.41, 5.74) is 0.855. The molecule has 2 aromatic carbocycles. The molecule has 0 bridgehead atoms. The van der Waals surface area contributed by atoms with E-state index in [1.54, 1.807) is 24.3 Å². The molecule has 0 N–H and O–H groups in total. The Labute approximate surface area is 145 Å². The summed E-state index contributed by atoms with van der Waals surface area (Å²) in [5, 5.41) is 0. The van der Waals surface area contributed by atoms with Crippen LogP contribution in [-0.4, -0.2) is 24.5 Å². The second-order valence-corrected chi connectivity index (χ2v) is 6.01. The van der Waals surface area contributed by atoms with Gasteiger partial charge in [-0.15, -0.1) is 0 Å². The molecule has 25 heavy (non-hydrogen) atoms. The fourth-order valence-corrected chi connectivity index (χ4v) is 2.78. The van der Waals surface area contributed by atoms with Gasteiger partial charge < -0.3 is 9.47 Å². The summed E-state index contributed by atoms with van der Waals surface area (Å²) < 4.78 is 23.7. The van der Waals surface area contributed by atoms with Crippen molar-refractivity contribution in [2.75, 3.05) is 6.61 Å². The zero-order valence-electron chi connectivity index (χ0n) is 13.7. The molecule has 1 heterocycles. The third-order valence-corrected chi connectivity index (χ3v) is 4.15. The molecule has 0 amide bonds. The minimum absolute atomic E-state index is 0.156. The van der Waals surface area contributed by atoms with E-state index < -0.39 is 0 Å². The highest BCUT2D eigenvalue weighted by Gasteiger charge is 2.17. The highest BCUT2D eigenvalue weighted by molar-refractivity contribution is 6.09. The highest BCUT2D eigenvalue weighted by Crippen LogP contribution is 2.19. The zero-order chi connectivity index (χ0) is 17.6. The Bertz CT molecular complexity index is 731. The van der Waals surface area contributed by atoms with Crippen LogP contribution in [-0.2, 0) is 9.53 Å². The van der Waals surface area contributed by atoms with Gasteiger partial charge in [0.1, 0.15) is 11.6 Å². The lowest BCUT2D eigenvalue weighted by Crippen LogP contribution is -2.13. The lowest BCUT2D eigenvalue weighted by Gasteiger charge is -2.09. The summed E-state index contributed by atoms with van der Waals surface area (Å²) in [7, 11) is 0. The molecule has 1 fully saturated rings. The molecule has 130 valence electrons. The molecule has 4 nitrogen and oxygen atoms in total. The van der Waals surface area contributed by atoms with E-state index in [1.807, 2.05) is 0 Å². The van der Waals surface area contributed by atoms with Gasteiger partial charge in [-0.25, -0.2) is 4.39 Å². The number of rotatable bonds is 6. The van der Waals surface area contributed by atoms with Crippen LogP contribution in [0.5, 0.6) is 5.75 Å². The van der Waals surface area contributed by atoms with Crippen LogP contribution in [0.25, 0.3) is 0 Å². The van der Waals surface area contributed by atoms with Crippen LogP contribution >= 0.6 is 0 Å². The minimum Gasteiger partial charge on any atom is -0.427 e. The molecule has 1 saturated heterocycles. The van der Waals surface area contributed by atoms with Gasteiger partial charge in [0.05, 0.1) is 6.10 Å². The van der Waals surface area contributed by atoms with Crippen molar-refractivity contribution >= 4 is 11.8 Å². The van der Waals surface area contributed by atoms with Crippen molar-refractivity contribution in [3.8, 4) is 5.75 Å². The van der Waals surface area contributed by atoms with Crippen LogP contribution in [0.15, 0.2) is 48.5 Å². The number of ketones is 1. The largest absolute Gasteiger partial charge is 0.427 e. The maximum absolute atomic E-state index is 12.9. The average molecular weight is 342 g/mol. The summed E-state index contributed by atoms with van der Waals surface area (Å²) in [6, 6.07) is 11.7. The van der Waals surface area contributed by atoms with Gasteiger partial charge in [-0.1, -0.05) is 0 Å². The van der Waals surface area contributed by atoms with E-state index in [0.717, 1.165) is 19.4 Å². The van der Waals surface area contributed by atoms with Crippen molar-refractivity contribution in [1.82, 2.24) is 0 Å². The van der Waals surface area contributed by atoms with Gasteiger partial charge in [0.25, 0.3) is 0 Å². The maximum Gasteiger partial charge on any atom is 0.311 e. The second kappa shape index (κ2) is 8.03. The quantitative estimate of drug-likeness (QED) is 0.454. The number of hydrogen-bond donors (Lipinski definition) is 0. The number of ether oxygens (including phenoxy) is 2. The number of carbonyl (C=O) groups is 2. The topological polar surface area (TPSA) is 52.6 Å². The molecule has 1 aliphatic heterocycles. The molecule has 1 aliphatic rings. The van der Waals surface area contributed by atoms with E-state index in [9.17, 15) is 14.0 Å². The number of carbonyl (C=O) groups excluding carboxylic acids is 2. The van der Waals surface area contributed by atoms with Crippen LogP contribution in [0.3, 0.4) is 0 Å². The minimum atomic E-state index is -0.387. The number of hydrogen-bond acceptors (Lipinski definition) is 4. The third kappa shape index (κ3) is 4.73. The predicted molar refractivity (Wildman–Crippen MR) is 90.1 cm³/mol. The van der Waals surface area contributed by atoms with Gasteiger partial charge in [-0.3, -0.25) is 9.59 Å². The Balaban J connectivity index is 1.55. The van der Waals surface area contributed by atoms with Gasteiger partial charge >= 0.3 is 5.97 Å². The molecular weight excluding hydrogens is 323 g/mol. The summed E-state index contributed by atoms with van der Waals surface area (Å²) in [4.78, 5) is 24.2. The molecule has 0 spiro atoms. The molecule has 3 rings (SSSR count). The SMILES string of the molecule is O=C(CCC1CCCO1)Oc1ccc(C(=O)c2ccc(F)cc2)cc1. The monoisotopic (exact) mass is 342 g/mol. The van der Waals surface area contributed by atoms with E-state index in [0.29, 0.717) is 29.7 Å². The van der Waals surface area contributed by atoms with Crippen LogP contribution in [0, 0.1) is 5.82 Å². The standard InChI is InChI=1S/C20H19FO4/c21-16-7-3-14(4-8-16)20(23)15-5-9-18(10-6-15)25-19(22)12-11-17-2-1-13-24-17/h3-10,17H,1-2,11-13H2. The summed E-state index contributed by atoms with van der Waals surface area (Å²) in [6.07, 6.45) is 3.17. The molecule has 1 unspecified atom stereocenters. The van der Waals surface area contributed by atoms with E-state index in [4.69, 9.17) is 9.47 Å². The Kier molecular flexibility index (Phi) is 5.56. The zero-order valence-corrected chi connectivity index (χ0v) is 13.7. The summed E-state index contributed by atoms with van der Waals surface area (Å²) in [5.74, 6) is -0.515. The number of halogens is 1. The Hall–Kier alpha value is -2.53. The first-order valence-corrected chi connectivity index (χ1v) is 8.34. The predicted octanol–water partition coefficient (Wildman–Crippen LogP) is 3.92. The smallest absolute Gasteiger partial charge is 0.311 e. The molecule has 5 heteroatoms. The van der Waals surface area contributed by atoms with Gasteiger partial charge in [-0.05, 0) is 67.8 Å². The van der Waals surface area contributed by atoms with Gasteiger partial charge in [0, 0.05) is 24.2 Å². The van der Waals surface area contributed by atoms with E-state index in [1.165, 1.54) is 24.3 Å². The second-order valence-electron chi connectivity index (χ2n) is 6.01. The first kappa shape index (κ1) is 17.3. The number of esters is 1. The van der Waals surface area contributed by atoms with Crippen LogP contribution in [0.2, 0.25) is 0 Å². The van der Waals surface area contributed by atoms with Gasteiger partial charge in [0.15, 0.2) is 5.78 Å². The van der Waals surface area contributed by atoms with Gasteiger partial charge in [-0.2, -0.15) is 0 Å². The third-order valence-electron chi connectivity index (χ3n) is 4.15. The fraction of sp³-hybridized carbons (Fsp3) is 0.300. The molecule has 2 aromatic rings. The number of benzene rings is 2. The van der Waals surface area contributed by atoms with Crippen LogP contribution < -0.4 is 4.74 Å². The Morgan fingerprint density at radius 1 is 1.04 bits per heavy atom. The van der Waals surface area contributed by atoms with Crippen LogP contribution in [0.4, 0.5) is 4.39 Å². The van der Waals surface area contributed by atoms with Crippen molar-refractivity contribution < 1.29 is 23.5 Å². The molecule has 0 saturated carbocycles. The maximum atomic E-state index is 12.9. The Morgan fingerprint density at radius 3 is 2.28 bits per heavy atom.